The highest BCUT2D eigenvalue weighted by Crippen LogP contribution is 2.21. The highest BCUT2D eigenvalue weighted by Gasteiger charge is 2.43. The van der Waals surface area contributed by atoms with E-state index < -0.39 is 108 Å². The monoisotopic (exact) mass is 789 g/mol. The molecule has 12 N–H and O–H groups in total. The zero-order valence-corrected chi connectivity index (χ0v) is 32.0. The molecule has 7 atom stereocenters. The summed E-state index contributed by atoms with van der Waals surface area (Å²) in [6, 6.07) is 1.01. The Hall–Kier alpha value is -5.21. The van der Waals surface area contributed by atoms with Crippen LogP contribution in [0.4, 0.5) is 0 Å². The molecule has 0 bridgehead atoms. The van der Waals surface area contributed by atoms with Gasteiger partial charge in [-0.15, -0.1) is 0 Å². The topological polar surface area (TPSA) is 308 Å². The maximum atomic E-state index is 13.5. The number of nitrogens with zero attached hydrogens (tertiary/aromatic N) is 1. The van der Waals surface area contributed by atoms with Gasteiger partial charge in [0.2, 0.25) is 41.4 Å². The lowest BCUT2D eigenvalue weighted by molar-refractivity contribution is -0.149. The molecule has 2 heterocycles. The number of thiol groups is 1. The molecule has 1 aromatic carbocycles. The first kappa shape index (κ1) is 44.2. The molecule has 20 heteroatoms. The number of H-pyrrole nitrogens is 1. The third-order valence-electron chi connectivity index (χ3n) is 9.36. The van der Waals surface area contributed by atoms with E-state index in [1.165, 1.54) is 13.8 Å². The number of primary amides is 1. The molecule has 1 aliphatic heterocycles. The summed E-state index contributed by atoms with van der Waals surface area (Å²) in [5, 5.41) is 32.8. The molecule has 0 saturated carbocycles. The zero-order valence-electron chi connectivity index (χ0n) is 31.1. The van der Waals surface area contributed by atoms with Gasteiger partial charge >= 0.3 is 5.97 Å². The maximum absolute atomic E-state index is 13.5. The number of aliphatic hydroxyl groups excluding tert-OH is 1. The predicted molar refractivity (Wildman–Crippen MR) is 202 cm³/mol. The molecule has 302 valence electrons. The Morgan fingerprint density at radius 3 is 2.31 bits per heavy atom. The molecule has 1 fully saturated rings. The van der Waals surface area contributed by atoms with Crippen LogP contribution in [-0.2, 0) is 44.8 Å². The van der Waals surface area contributed by atoms with E-state index in [-0.39, 0.29) is 25.1 Å². The van der Waals surface area contributed by atoms with E-state index in [1.54, 1.807) is 20.0 Å². The quantitative estimate of drug-likeness (QED) is 0.0656. The number of β-amino-alcohol motifs (C(OH)–C–C–N with tert-alkyl or cyclic N) is 1. The van der Waals surface area contributed by atoms with Gasteiger partial charge in [-0.1, -0.05) is 38.5 Å². The van der Waals surface area contributed by atoms with Crippen LogP contribution in [0.5, 0.6) is 0 Å². The second-order valence-electron chi connectivity index (χ2n) is 14.1. The number of fused-ring (bicyclic) bond motifs is 1. The molecule has 19 nitrogen and oxygen atoms in total. The molecule has 1 saturated heterocycles. The van der Waals surface area contributed by atoms with Gasteiger partial charge in [0, 0.05) is 35.8 Å². The Morgan fingerprint density at radius 2 is 1.69 bits per heavy atom. The van der Waals surface area contributed by atoms with Crippen LogP contribution in [0.15, 0.2) is 30.5 Å². The van der Waals surface area contributed by atoms with Gasteiger partial charge < -0.3 is 58.1 Å². The van der Waals surface area contributed by atoms with Crippen molar-refractivity contribution < 1.29 is 48.6 Å². The SMILES string of the molecule is CC[C@H](C)[C@H](NC(=O)CNC(=O)[C@@H](N)Cc1c[nH]c2ccccc12)C(=O)NC(C)(C)C(=O)N[C@@H](CS)C(=O)N[C@@H](CC(N)=O)C(=O)N1C[C@H](O)C[C@H]1C(=O)O. The van der Waals surface area contributed by atoms with Crippen molar-refractivity contribution in [1.82, 2.24) is 36.5 Å². The minimum atomic E-state index is -1.68. The van der Waals surface area contributed by atoms with Crippen LogP contribution in [0.3, 0.4) is 0 Å². The number of hydrogen-bond donors (Lipinski definition) is 11. The van der Waals surface area contributed by atoms with Gasteiger partial charge in [-0.05, 0) is 37.8 Å². The molecule has 2 aromatic rings. The van der Waals surface area contributed by atoms with Crippen LogP contribution in [0, 0.1) is 5.92 Å². The summed E-state index contributed by atoms with van der Waals surface area (Å²) >= 11 is 4.12. The standard InChI is InChI=1S/C35H51N9O10S/c1-5-17(2)28(42-27(47)14-39-29(48)21(36)10-18-13-38-22-9-7-6-8-20(18)22)31(50)43-35(3,4)34(54)41-24(16-55)30(49)40-23(12-26(37)46)32(51)44-15-19(45)11-25(44)33(52)53/h6-9,13,17,19,21,23-25,28,38,45,55H,5,10-12,14-16,36H2,1-4H3,(H2,37,46)(H,39,48)(H,40,49)(H,41,54)(H,42,47)(H,43,50)(H,52,53)/t17-,19+,21-,23-,24-,25-,28-/m0/s1. The van der Waals surface area contributed by atoms with Gasteiger partial charge in [-0.25, -0.2) is 4.79 Å². The number of carboxylic acid groups (broad SMARTS) is 1. The van der Waals surface area contributed by atoms with Crippen molar-refractivity contribution >= 4 is 70.9 Å². The maximum Gasteiger partial charge on any atom is 0.326 e. The first-order chi connectivity index (χ1) is 25.8. The average molecular weight is 790 g/mol. The summed E-state index contributed by atoms with van der Waals surface area (Å²) in [7, 11) is 0. The van der Waals surface area contributed by atoms with Gasteiger partial charge in [0.15, 0.2) is 0 Å². The third-order valence-corrected chi connectivity index (χ3v) is 9.73. The van der Waals surface area contributed by atoms with Crippen molar-refractivity contribution in [3.05, 3.63) is 36.0 Å². The van der Waals surface area contributed by atoms with Gasteiger partial charge in [0.05, 0.1) is 25.1 Å². The van der Waals surface area contributed by atoms with Crippen molar-refractivity contribution in [2.24, 2.45) is 17.4 Å². The first-order valence-corrected chi connectivity index (χ1v) is 18.3. The number of benzene rings is 1. The Labute approximate surface area is 322 Å². The van der Waals surface area contributed by atoms with Crippen LogP contribution in [0.2, 0.25) is 0 Å². The van der Waals surface area contributed by atoms with Crippen LogP contribution in [0.25, 0.3) is 10.9 Å². The fourth-order valence-corrected chi connectivity index (χ4v) is 6.25. The van der Waals surface area contributed by atoms with Gasteiger partial charge in [0.1, 0.15) is 29.7 Å². The molecule has 0 aliphatic carbocycles. The lowest BCUT2D eigenvalue weighted by Gasteiger charge is -2.32. The number of rotatable bonds is 19. The van der Waals surface area contributed by atoms with E-state index >= 15 is 0 Å². The van der Waals surface area contributed by atoms with Crippen molar-refractivity contribution in [2.45, 2.75) is 95.2 Å². The van der Waals surface area contributed by atoms with Crippen molar-refractivity contribution in [2.75, 3.05) is 18.8 Å². The fraction of sp³-hybridized carbons (Fsp3) is 0.543. The van der Waals surface area contributed by atoms with E-state index in [2.05, 4.69) is 44.2 Å². The molecule has 1 aliphatic rings. The van der Waals surface area contributed by atoms with E-state index in [1.807, 2.05) is 24.3 Å². The summed E-state index contributed by atoms with van der Waals surface area (Å²) in [6.07, 6.45) is 0.324. The van der Waals surface area contributed by atoms with Gasteiger partial charge in [-0.2, -0.15) is 12.6 Å². The van der Waals surface area contributed by atoms with Crippen LogP contribution in [0.1, 0.15) is 52.5 Å². The highest BCUT2D eigenvalue weighted by atomic mass is 32.1. The van der Waals surface area contributed by atoms with E-state index in [0.29, 0.717) is 6.42 Å². The number of para-hydroxylation sites is 1. The minimum Gasteiger partial charge on any atom is -0.480 e. The Morgan fingerprint density at radius 1 is 1.02 bits per heavy atom. The van der Waals surface area contributed by atoms with Crippen molar-refractivity contribution in [3.8, 4) is 0 Å². The smallest absolute Gasteiger partial charge is 0.326 e. The predicted octanol–water partition coefficient (Wildman–Crippen LogP) is -2.60. The Balaban J connectivity index is 1.60. The number of nitrogens with two attached hydrogens (primary N) is 2. The minimum absolute atomic E-state index is 0.213. The third kappa shape index (κ3) is 11.9. The number of aliphatic carboxylic acids is 1. The van der Waals surface area contributed by atoms with Gasteiger partial charge in [0.25, 0.3) is 0 Å². The highest BCUT2D eigenvalue weighted by molar-refractivity contribution is 7.80. The van der Waals surface area contributed by atoms with Crippen LogP contribution >= 0.6 is 12.6 Å². The number of carbonyl (C=O) groups excluding carboxylic acids is 7. The van der Waals surface area contributed by atoms with E-state index in [0.717, 1.165) is 21.4 Å². The summed E-state index contributed by atoms with van der Waals surface area (Å²) in [6.45, 7) is 5.37. The molecular weight excluding hydrogens is 739 g/mol. The second kappa shape index (κ2) is 19.4. The summed E-state index contributed by atoms with van der Waals surface area (Å²) in [5.41, 5.74) is 11.4. The normalized spacial score (nSPS) is 18.3. The lowest BCUT2D eigenvalue weighted by atomic mass is 9.96. The Bertz CT molecular complexity index is 1770. The second-order valence-corrected chi connectivity index (χ2v) is 14.5. The van der Waals surface area contributed by atoms with Crippen LogP contribution < -0.4 is 38.1 Å². The van der Waals surface area contributed by atoms with Crippen molar-refractivity contribution in [1.29, 1.82) is 0 Å². The van der Waals surface area contributed by atoms with E-state index in [4.69, 9.17) is 11.5 Å². The summed E-state index contributed by atoms with van der Waals surface area (Å²) in [4.78, 5) is 106. The molecule has 0 radical (unpaired) electrons. The molecule has 0 spiro atoms. The average Bonchev–Trinajstić information content (AvgIpc) is 3.73. The Kier molecular flexibility index (Phi) is 15.6. The zero-order chi connectivity index (χ0) is 41.2. The first-order valence-electron chi connectivity index (χ1n) is 17.7. The number of aromatic nitrogens is 1. The summed E-state index contributed by atoms with van der Waals surface area (Å²) in [5.74, 6) is -7.89. The molecule has 0 unspecified atom stereocenters. The number of aromatic amines is 1. The number of nitrogens with one attached hydrogen (secondary N) is 6. The van der Waals surface area contributed by atoms with E-state index in [9.17, 15) is 48.6 Å². The fourth-order valence-electron chi connectivity index (χ4n) is 6.00. The molecule has 7 amide bonds. The number of hydrogen-bond acceptors (Lipinski definition) is 11. The molecule has 3 rings (SSSR count). The van der Waals surface area contributed by atoms with Crippen LogP contribution in [-0.4, -0.2) is 128 Å². The van der Waals surface area contributed by atoms with Gasteiger partial charge in [-0.3, -0.25) is 33.6 Å². The lowest BCUT2D eigenvalue weighted by Crippen LogP contribution is -2.63. The number of carbonyl (C=O) groups is 8. The molecule has 1 aromatic heterocycles. The number of carboxylic acids is 1. The number of aliphatic hydroxyl groups is 1. The molecule has 55 heavy (non-hydrogen) atoms. The largest absolute Gasteiger partial charge is 0.480 e. The number of amides is 7. The number of likely N-dealkylation sites (tertiary alicyclic amines) is 1. The summed E-state index contributed by atoms with van der Waals surface area (Å²) < 4.78 is 0. The van der Waals surface area contributed by atoms with Crippen molar-refractivity contribution in [3.63, 3.8) is 0 Å². The molecular formula is C35H51N9O10S.